The van der Waals surface area contributed by atoms with Gasteiger partial charge in [0.25, 0.3) is 0 Å². The summed E-state index contributed by atoms with van der Waals surface area (Å²) in [4.78, 5) is 1.12. The quantitative estimate of drug-likeness (QED) is 0.860. The van der Waals surface area contributed by atoms with Gasteiger partial charge in [0.2, 0.25) is 0 Å². The maximum atomic E-state index is 10.6. The molecule has 1 aliphatic rings. The molecule has 0 aromatic carbocycles. The third-order valence-corrected chi connectivity index (χ3v) is 5.58. The Morgan fingerprint density at radius 1 is 1.53 bits per heavy atom. The molecule has 0 radical (unpaired) electrons. The highest BCUT2D eigenvalue weighted by molar-refractivity contribution is 9.10. The molecule has 0 amide bonds. The monoisotopic (exact) mass is 288 g/mol. The molecule has 0 spiro atoms. The van der Waals surface area contributed by atoms with Crippen molar-refractivity contribution in [3.05, 3.63) is 20.8 Å². The van der Waals surface area contributed by atoms with Crippen LogP contribution in [0.2, 0.25) is 0 Å². The van der Waals surface area contributed by atoms with Crippen molar-refractivity contribution < 1.29 is 5.11 Å². The van der Waals surface area contributed by atoms with Gasteiger partial charge in [-0.25, -0.2) is 0 Å². The van der Waals surface area contributed by atoms with E-state index >= 15 is 0 Å². The lowest BCUT2D eigenvalue weighted by Crippen LogP contribution is -2.30. The van der Waals surface area contributed by atoms with E-state index in [2.05, 4.69) is 22.9 Å². The Balaban J connectivity index is 2.13. The fourth-order valence-corrected chi connectivity index (χ4v) is 4.32. The molecule has 15 heavy (non-hydrogen) atoms. The minimum atomic E-state index is -0.557. The summed E-state index contributed by atoms with van der Waals surface area (Å²) >= 11 is 5.19. The average Bonchev–Trinajstić information content (AvgIpc) is 2.66. The molecule has 0 aliphatic heterocycles. The van der Waals surface area contributed by atoms with Gasteiger partial charge < -0.3 is 5.11 Å². The highest BCUT2D eigenvalue weighted by Gasteiger charge is 2.36. The summed E-state index contributed by atoms with van der Waals surface area (Å²) in [6, 6.07) is 2.03. The van der Waals surface area contributed by atoms with Gasteiger partial charge in [0, 0.05) is 4.47 Å². The Bertz CT molecular complexity index is 326. The lowest BCUT2D eigenvalue weighted by molar-refractivity contribution is -0.0119. The standard InChI is InChI=1S/C12H17BrOS/c1-2-9-3-6-12(14,7-4-9)11-10(13)5-8-15-11/h5,8-9,14H,2-4,6-7H2,1H3. The first-order chi connectivity index (χ1) is 7.15. The van der Waals surface area contributed by atoms with E-state index in [-0.39, 0.29) is 0 Å². The van der Waals surface area contributed by atoms with Crippen LogP contribution in [0, 0.1) is 5.92 Å². The molecule has 2 rings (SSSR count). The molecule has 0 saturated heterocycles. The fraction of sp³-hybridized carbons (Fsp3) is 0.667. The largest absolute Gasteiger partial charge is 0.384 e. The minimum Gasteiger partial charge on any atom is -0.384 e. The average molecular weight is 289 g/mol. The molecule has 0 atom stereocenters. The van der Waals surface area contributed by atoms with E-state index < -0.39 is 5.60 Å². The maximum absolute atomic E-state index is 10.6. The third kappa shape index (κ3) is 2.29. The topological polar surface area (TPSA) is 20.2 Å². The summed E-state index contributed by atoms with van der Waals surface area (Å²) in [5.74, 6) is 0.823. The summed E-state index contributed by atoms with van der Waals surface area (Å²) in [5, 5.41) is 12.7. The molecule has 1 aliphatic carbocycles. The number of aliphatic hydroxyl groups is 1. The molecule has 0 unspecified atom stereocenters. The summed E-state index contributed by atoms with van der Waals surface area (Å²) in [6.45, 7) is 2.25. The lowest BCUT2D eigenvalue weighted by Gasteiger charge is -2.35. The van der Waals surface area contributed by atoms with Gasteiger partial charge in [-0.05, 0) is 59.0 Å². The summed E-state index contributed by atoms with van der Waals surface area (Å²) in [6.07, 6.45) is 5.42. The molecular formula is C12H17BrOS. The molecule has 1 aromatic rings. The zero-order valence-electron chi connectivity index (χ0n) is 9.00. The normalized spacial score (nSPS) is 31.8. The van der Waals surface area contributed by atoms with Crippen molar-refractivity contribution in [2.45, 2.75) is 44.6 Å². The lowest BCUT2D eigenvalue weighted by atomic mass is 9.77. The Hall–Kier alpha value is 0.140. The third-order valence-electron chi connectivity index (χ3n) is 3.55. The number of thiophene rings is 1. The van der Waals surface area contributed by atoms with Gasteiger partial charge in [-0.15, -0.1) is 11.3 Å². The van der Waals surface area contributed by atoms with Crippen LogP contribution >= 0.6 is 27.3 Å². The van der Waals surface area contributed by atoms with Crippen LogP contribution in [0.4, 0.5) is 0 Å². The predicted octanol–water partition coefficient (Wildman–Crippen LogP) is 4.30. The second kappa shape index (κ2) is 4.56. The van der Waals surface area contributed by atoms with E-state index in [1.165, 1.54) is 6.42 Å². The molecule has 0 bridgehead atoms. The summed E-state index contributed by atoms with van der Waals surface area (Å²) in [7, 11) is 0. The first-order valence-electron chi connectivity index (χ1n) is 5.61. The number of rotatable bonds is 2. The van der Waals surface area contributed by atoms with Gasteiger partial charge in [0.05, 0.1) is 10.5 Å². The number of halogens is 1. The molecule has 3 heteroatoms. The van der Waals surface area contributed by atoms with Gasteiger partial charge in [-0.1, -0.05) is 13.3 Å². The van der Waals surface area contributed by atoms with Crippen molar-refractivity contribution in [3.8, 4) is 0 Å². The molecule has 1 aromatic heterocycles. The summed E-state index contributed by atoms with van der Waals surface area (Å²) < 4.78 is 1.07. The van der Waals surface area contributed by atoms with E-state index in [0.29, 0.717) is 0 Å². The van der Waals surface area contributed by atoms with Crippen LogP contribution < -0.4 is 0 Å². The van der Waals surface area contributed by atoms with Gasteiger partial charge in [-0.3, -0.25) is 0 Å². The smallest absolute Gasteiger partial charge is 0.0999 e. The molecule has 1 nitrogen and oxygen atoms in total. The zero-order chi connectivity index (χ0) is 10.9. The second-order valence-electron chi connectivity index (χ2n) is 4.48. The summed E-state index contributed by atoms with van der Waals surface area (Å²) in [5.41, 5.74) is -0.557. The first kappa shape index (κ1) is 11.6. The number of hydrogen-bond donors (Lipinski definition) is 1. The molecule has 84 valence electrons. The zero-order valence-corrected chi connectivity index (χ0v) is 11.4. The van der Waals surface area contributed by atoms with Crippen LogP contribution in [0.25, 0.3) is 0 Å². The van der Waals surface area contributed by atoms with Crippen LogP contribution in [-0.4, -0.2) is 5.11 Å². The Morgan fingerprint density at radius 2 is 2.20 bits per heavy atom. The maximum Gasteiger partial charge on any atom is 0.0999 e. The van der Waals surface area contributed by atoms with E-state index in [1.54, 1.807) is 11.3 Å². The van der Waals surface area contributed by atoms with Gasteiger partial charge in [0.15, 0.2) is 0 Å². The SMILES string of the molecule is CCC1CCC(O)(c2sccc2Br)CC1. The van der Waals surface area contributed by atoms with Crippen molar-refractivity contribution in [2.24, 2.45) is 5.92 Å². The van der Waals surface area contributed by atoms with E-state index in [1.807, 2.05) is 11.4 Å². The highest BCUT2D eigenvalue weighted by atomic mass is 79.9. The van der Waals surface area contributed by atoms with Crippen molar-refractivity contribution in [1.82, 2.24) is 0 Å². The first-order valence-corrected chi connectivity index (χ1v) is 7.29. The van der Waals surface area contributed by atoms with Gasteiger partial charge >= 0.3 is 0 Å². The molecule has 1 N–H and O–H groups in total. The van der Waals surface area contributed by atoms with E-state index in [9.17, 15) is 5.11 Å². The van der Waals surface area contributed by atoms with Crippen molar-refractivity contribution in [1.29, 1.82) is 0 Å². The van der Waals surface area contributed by atoms with Crippen molar-refractivity contribution in [3.63, 3.8) is 0 Å². The highest BCUT2D eigenvalue weighted by Crippen LogP contribution is 2.44. The van der Waals surface area contributed by atoms with Gasteiger partial charge in [0.1, 0.15) is 0 Å². The Labute approximate surface area is 104 Å². The fourth-order valence-electron chi connectivity index (χ4n) is 2.42. The molecular weight excluding hydrogens is 272 g/mol. The Morgan fingerprint density at radius 3 is 2.67 bits per heavy atom. The minimum absolute atomic E-state index is 0.557. The van der Waals surface area contributed by atoms with Gasteiger partial charge in [-0.2, -0.15) is 0 Å². The van der Waals surface area contributed by atoms with Crippen molar-refractivity contribution in [2.75, 3.05) is 0 Å². The second-order valence-corrected chi connectivity index (χ2v) is 6.25. The van der Waals surface area contributed by atoms with Crippen LogP contribution in [0.15, 0.2) is 15.9 Å². The number of hydrogen-bond acceptors (Lipinski definition) is 2. The molecule has 1 saturated carbocycles. The van der Waals surface area contributed by atoms with Crippen LogP contribution in [0.1, 0.15) is 43.9 Å². The predicted molar refractivity (Wildman–Crippen MR) is 68.2 cm³/mol. The van der Waals surface area contributed by atoms with Crippen LogP contribution in [0.5, 0.6) is 0 Å². The van der Waals surface area contributed by atoms with Crippen LogP contribution in [-0.2, 0) is 5.60 Å². The molecule has 1 fully saturated rings. The van der Waals surface area contributed by atoms with E-state index in [0.717, 1.165) is 41.0 Å². The Kier molecular flexibility index (Phi) is 3.53. The molecule has 1 heterocycles. The van der Waals surface area contributed by atoms with Crippen LogP contribution in [0.3, 0.4) is 0 Å². The van der Waals surface area contributed by atoms with Crippen molar-refractivity contribution >= 4 is 27.3 Å². The van der Waals surface area contributed by atoms with E-state index in [4.69, 9.17) is 0 Å².